The van der Waals surface area contributed by atoms with Gasteiger partial charge in [0, 0.05) is 7.05 Å². The number of nitrogens with one attached hydrogen (secondary N) is 1. The lowest BCUT2D eigenvalue weighted by Crippen LogP contribution is -2.46. The molecule has 144 valence electrons. The lowest BCUT2D eigenvalue weighted by molar-refractivity contribution is -0.192. The molecule has 12 heteroatoms. The third-order valence-electron chi connectivity index (χ3n) is 3.96. The number of halogens is 3. The van der Waals surface area contributed by atoms with Gasteiger partial charge in [-0.25, -0.2) is 9.78 Å². The SMILES string of the molecule is Cn1ncc2c(=O)n(CC3(O)CCNCC3)cnc21.O=C(O)C(F)(F)F. The summed E-state index contributed by atoms with van der Waals surface area (Å²) in [7, 11) is 1.75. The summed E-state index contributed by atoms with van der Waals surface area (Å²) in [5.41, 5.74) is -0.407. The second kappa shape index (κ2) is 7.41. The average Bonchev–Trinajstić information content (AvgIpc) is 2.92. The maximum absolute atomic E-state index is 12.3. The van der Waals surface area contributed by atoms with Crippen LogP contribution in [-0.2, 0) is 18.4 Å². The largest absolute Gasteiger partial charge is 0.490 e. The second-order valence-corrected chi connectivity index (χ2v) is 5.96. The Morgan fingerprint density at radius 3 is 2.50 bits per heavy atom. The van der Waals surface area contributed by atoms with Gasteiger partial charge in [-0.05, 0) is 25.9 Å². The molecule has 26 heavy (non-hydrogen) atoms. The van der Waals surface area contributed by atoms with E-state index in [4.69, 9.17) is 9.90 Å². The van der Waals surface area contributed by atoms with Gasteiger partial charge in [0.15, 0.2) is 5.65 Å². The number of piperidine rings is 1. The number of aliphatic hydroxyl groups is 1. The molecule has 0 unspecified atom stereocenters. The lowest BCUT2D eigenvalue weighted by atomic mass is 9.92. The van der Waals surface area contributed by atoms with Crippen LogP contribution < -0.4 is 10.9 Å². The Bertz CT molecular complexity index is 839. The lowest BCUT2D eigenvalue weighted by Gasteiger charge is -2.32. The molecule has 1 aliphatic rings. The van der Waals surface area contributed by atoms with E-state index in [1.165, 1.54) is 17.1 Å². The molecular weight excluding hydrogens is 359 g/mol. The molecule has 3 heterocycles. The average molecular weight is 377 g/mol. The Kier molecular flexibility index (Phi) is 5.66. The van der Waals surface area contributed by atoms with Gasteiger partial charge in [0.25, 0.3) is 5.56 Å². The standard InChI is InChI=1S/C12H17N5O2.C2HF3O2/c1-16-10-9(6-15-16)11(18)17(8-14-10)7-12(19)2-4-13-5-3-12;3-2(4,5)1(6)7/h6,8,13,19H,2-5,7H2,1H3;(H,6,7). The number of fused-ring (bicyclic) bond motifs is 1. The number of aryl methyl sites for hydroxylation is 1. The highest BCUT2D eigenvalue weighted by molar-refractivity contribution is 5.73. The number of hydrogen-bond donors (Lipinski definition) is 3. The van der Waals surface area contributed by atoms with Crippen molar-refractivity contribution in [1.29, 1.82) is 0 Å². The highest BCUT2D eigenvalue weighted by Crippen LogP contribution is 2.19. The maximum Gasteiger partial charge on any atom is 0.490 e. The van der Waals surface area contributed by atoms with Crippen molar-refractivity contribution < 1.29 is 28.2 Å². The molecule has 0 aliphatic carbocycles. The van der Waals surface area contributed by atoms with E-state index in [0.29, 0.717) is 23.9 Å². The van der Waals surface area contributed by atoms with Crippen LogP contribution in [0.5, 0.6) is 0 Å². The van der Waals surface area contributed by atoms with E-state index in [1.807, 2.05) is 0 Å². The number of nitrogens with zero attached hydrogens (tertiary/aromatic N) is 4. The first-order valence-electron chi connectivity index (χ1n) is 7.64. The Morgan fingerprint density at radius 1 is 1.38 bits per heavy atom. The minimum Gasteiger partial charge on any atom is -0.475 e. The molecule has 3 N–H and O–H groups in total. The summed E-state index contributed by atoms with van der Waals surface area (Å²) >= 11 is 0. The van der Waals surface area contributed by atoms with Crippen molar-refractivity contribution in [3.8, 4) is 0 Å². The van der Waals surface area contributed by atoms with E-state index in [1.54, 1.807) is 11.7 Å². The Morgan fingerprint density at radius 2 is 1.96 bits per heavy atom. The van der Waals surface area contributed by atoms with Gasteiger partial charge in [0.1, 0.15) is 11.7 Å². The van der Waals surface area contributed by atoms with Crippen LogP contribution in [0.4, 0.5) is 13.2 Å². The first-order chi connectivity index (χ1) is 12.0. The summed E-state index contributed by atoms with van der Waals surface area (Å²) in [4.78, 5) is 25.4. The molecule has 0 amide bonds. The molecule has 0 bridgehead atoms. The fourth-order valence-electron chi connectivity index (χ4n) is 2.55. The van der Waals surface area contributed by atoms with E-state index in [2.05, 4.69) is 15.4 Å². The molecule has 1 saturated heterocycles. The third kappa shape index (κ3) is 4.58. The van der Waals surface area contributed by atoms with E-state index in [9.17, 15) is 23.1 Å². The van der Waals surface area contributed by atoms with Gasteiger partial charge < -0.3 is 15.5 Å². The summed E-state index contributed by atoms with van der Waals surface area (Å²) < 4.78 is 34.8. The van der Waals surface area contributed by atoms with E-state index < -0.39 is 17.7 Å². The minimum absolute atomic E-state index is 0.148. The zero-order valence-corrected chi connectivity index (χ0v) is 13.8. The molecule has 9 nitrogen and oxygen atoms in total. The van der Waals surface area contributed by atoms with Crippen LogP contribution in [0.15, 0.2) is 17.3 Å². The number of aliphatic carboxylic acids is 1. The molecule has 0 radical (unpaired) electrons. The molecule has 0 spiro atoms. The van der Waals surface area contributed by atoms with Gasteiger partial charge in [0.2, 0.25) is 0 Å². The highest BCUT2D eigenvalue weighted by atomic mass is 19.4. The predicted molar refractivity (Wildman–Crippen MR) is 83.5 cm³/mol. The molecule has 1 aliphatic heterocycles. The van der Waals surface area contributed by atoms with Gasteiger partial charge >= 0.3 is 12.1 Å². The van der Waals surface area contributed by atoms with E-state index >= 15 is 0 Å². The molecule has 0 aromatic carbocycles. The number of carbonyl (C=O) groups is 1. The van der Waals surface area contributed by atoms with Gasteiger partial charge in [0.05, 0.1) is 18.3 Å². The quantitative estimate of drug-likeness (QED) is 0.667. The molecule has 1 fully saturated rings. The van der Waals surface area contributed by atoms with Crippen molar-refractivity contribution in [3.63, 3.8) is 0 Å². The number of alkyl halides is 3. The molecule has 0 saturated carbocycles. The van der Waals surface area contributed by atoms with Gasteiger partial charge in [-0.3, -0.25) is 14.0 Å². The second-order valence-electron chi connectivity index (χ2n) is 5.96. The molecule has 0 atom stereocenters. The van der Waals surface area contributed by atoms with Gasteiger partial charge in [-0.15, -0.1) is 0 Å². The Labute approximate surface area is 145 Å². The minimum atomic E-state index is -5.08. The zero-order valence-electron chi connectivity index (χ0n) is 13.8. The zero-order chi connectivity index (χ0) is 19.5. The fourth-order valence-corrected chi connectivity index (χ4v) is 2.55. The highest BCUT2D eigenvalue weighted by Gasteiger charge is 2.38. The number of carboxylic acid groups (broad SMARTS) is 1. The molecular formula is C14H18F3N5O4. The fraction of sp³-hybridized carbons (Fsp3) is 0.571. The van der Waals surface area contributed by atoms with Crippen LogP contribution in [0.2, 0.25) is 0 Å². The van der Waals surface area contributed by atoms with Crippen molar-refractivity contribution in [2.24, 2.45) is 7.05 Å². The normalized spacial score (nSPS) is 16.8. The van der Waals surface area contributed by atoms with E-state index in [-0.39, 0.29) is 12.1 Å². The first kappa shape index (κ1) is 19.8. The van der Waals surface area contributed by atoms with Gasteiger partial charge in [-0.2, -0.15) is 18.3 Å². The van der Waals surface area contributed by atoms with Crippen LogP contribution in [0.3, 0.4) is 0 Å². The van der Waals surface area contributed by atoms with Crippen molar-refractivity contribution >= 4 is 17.0 Å². The number of carboxylic acids is 1. The predicted octanol–water partition coefficient (Wildman–Crippen LogP) is -0.122. The Balaban J connectivity index is 0.000000298. The van der Waals surface area contributed by atoms with Gasteiger partial charge in [-0.1, -0.05) is 0 Å². The number of aromatic nitrogens is 4. The topological polar surface area (TPSA) is 122 Å². The van der Waals surface area contributed by atoms with Crippen LogP contribution in [0.25, 0.3) is 11.0 Å². The van der Waals surface area contributed by atoms with Crippen molar-refractivity contribution in [2.45, 2.75) is 31.2 Å². The number of hydrogen-bond acceptors (Lipinski definition) is 6. The van der Waals surface area contributed by atoms with E-state index in [0.717, 1.165) is 13.1 Å². The van der Waals surface area contributed by atoms with Crippen LogP contribution in [-0.4, -0.2) is 60.4 Å². The maximum atomic E-state index is 12.3. The monoisotopic (exact) mass is 377 g/mol. The summed E-state index contributed by atoms with van der Waals surface area (Å²) in [5.74, 6) is -2.76. The molecule has 3 rings (SSSR count). The van der Waals surface area contributed by atoms with Crippen LogP contribution in [0, 0.1) is 0 Å². The van der Waals surface area contributed by atoms with Crippen molar-refractivity contribution in [1.82, 2.24) is 24.6 Å². The van der Waals surface area contributed by atoms with Crippen LogP contribution in [0.1, 0.15) is 12.8 Å². The van der Waals surface area contributed by atoms with Crippen molar-refractivity contribution in [3.05, 3.63) is 22.9 Å². The molecule has 2 aromatic rings. The summed E-state index contributed by atoms with van der Waals surface area (Å²) in [6, 6.07) is 0. The Hall–Kier alpha value is -2.47. The first-order valence-corrected chi connectivity index (χ1v) is 7.64. The van der Waals surface area contributed by atoms with Crippen LogP contribution >= 0.6 is 0 Å². The smallest absolute Gasteiger partial charge is 0.475 e. The van der Waals surface area contributed by atoms with Crippen molar-refractivity contribution in [2.75, 3.05) is 13.1 Å². The summed E-state index contributed by atoms with van der Waals surface area (Å²) in [6.07, 6.45) is -0.783. The summed E-state index contributed by atoms with van der Waals surface area (Å²) in [5, 5.41) is 25.3. The number of rotatable bonds is 2. The third-order valence-corrected chi connectivity index (χ3v) is 3.96. The molecule has 2 aromatic heterocycles. The summed E-state index contributed by atoms with van der Waals surface area (Å²) in [6.45, 7) is 1.83.